The van der Waals surface area contributed by atoms with Crippen LogP contribution in [0.25, 0.3) is 10.1 Å². The van der Waals surface area contributed by atoms with Crippen LogP contribution in [0.5, 0.6) is 0 Å². The molecule has 1 fully saturated rings. The van der Waals surface area contributed by atoms with Gasteiger partial charge in [0.25, 0.3) is 5.91 Å². The maximum atomic E-state index is 12.1. The van der Waals surface area contributed by atoms with Gasteiger partial charge in [0, 0.05) is 28.2 Å². The van der Waals surface area contributed by atoms with E-state index < -0.39 is 5.97 Å². The number of carbonyl (C=O) groups excluding carboxylic acids is 2. The van der Waals surface area contributed by atoms with Crippen molar-refractivity contribution in [1.82, 2.24) is 4.90 Å². The summed E-state index contributed by atoms with van der Waals surface area (Å²) >= 11 is 13.4. The van der Waals surface area contributed by atoms with Crippen LogP contribution in [-0.4, -0.2) is 36.5 Å². The van der Waals surface area contributed by atoms with Gasteiger partial charge >= 0.3 is 5.97 Å². The van der Waals surface area contributed by atoms with Gasteiger partial charge in [-0.1, -0.05) is 29.3 Å². The number of thiophene rings is 1. The SMILES string of the molecule is O=C(OCC(=O)N1CCCC1)c1sc2cc(Cl)ccc2c1Cl. The summed E-state index contributed by atoms with van der Waals surface area (Å²) in [5.41, 5.74) is 0. The number of fused-ring (bicyclic) bond motifs is 1. The summed E-state index contributed by atoms with van der Waals surface area (Å²) in [5, 5.41) is 1.68. The molecule has 0 saturated carbocycles. The van der Waals surface area contributed by atoms with Gasteiger partial charge in [-0.2, -0.15) is 0 Å². The molecule has 0 radical (unpaired) electrons. The first-order chi connectivity index (χ1) is 10.6. The van der Waals surface area contributed by atoms with E-state index in [1.807, 2.05) is 0 Å². The van der Waals surface area contributed by atoms with Crippen molar-refractivity contribution in [2.24, 2.45) is 0 Å². The molecule has 1 saturated heterocycles. The summed E-state index contributed by atoms with van der Waals surface area (Å²) in [7, 11) is 0. The Kier molecular flexibility index (Phi) is 4.57. The molecule has 0 unspecified atom stereocenters. The molecular formula is C15H13Cl2NO3S. The van der Waals surface area contributed by atoms with Crippen molar-refractivity contribution in [3.63, 3.8) is 0 Å². The average molecular weight is 358 g/mol. The fourth-order valence-electron chi connectivity index (χ4n) is 2.42. The molecule has 1 aliphatic rings. The third-order valence-electron chi connectivity index (χ3n) is 3.56. The highest BCUT2D eigenvalue weighted by Crippen LogP contribution is 2.37. The summed E-state index contributed by atoms with van der Waals surface area (Å²) in [6.45, 7) is 1.22. The summed E-state index contributed by atoms with van der Waals surface area (Å²) in [5.74, 6) is -0.735. The lowest BCUT2D eigenvalue weighted by molar-refractivity contribution is -0.133. The highest BCUT2D eigenvalue weighted by molar-refractivity contribution is 7.21. The highest BCUT2D eigenvalue weighted by Gasteiger charge is 2.22. The van der Waals surface area contributed by atoms with Gasteiger partial charge in [0.05, 0.1) is 5.02 Å². The standard InChI is InChI=1S/C15H13Cl2NO3S/c16-9-3-4-10-11(7-9)22-14(13(10)17)15(20)21-8-12(19)18-5-1-2-6-18/h3-4,7H,1-2,5-6,8H2. The zero-order valence-electron chi connectivity index (χ0n) is 11.6. The molecule has 1 aromatic heterocycles. The van der Waals surface area contributed by atoms with Crippen LogP contribution in [0.3, 0.4) is 0 Å². The number of hydrogen-bond acceptors (Lipinski definition) is 4. The second-order valence-corrected chi connectivity index (χ2v) is 6.92. The quantitative estimate of drug-likeness (QED) is 0.780. The van der Waals surface area contributed by atoms with E-state index in [2.05, 4.69) is 0 Å². The molecule has 2 aromatic rings. The zero-order chi connectivity index (χ0) is 15.7. The first-order valence-electron chi connectivity index (χ1n) is 6.88. The topological polar surface area (TPSA) is 46.6 Å². The van der Waals surface area contributed by atoms with Crippen LogP contribution in [0.1, 0.15) is 22.5 Å². The van der Waals surface area contributed by atoms with Gasteiger partial charge in [0.2, 0.25) is 0 Å². The van der Waals surface area contributed by atoms with Gasteiger partial charge in [-0.15, -0.1) is 11.3 Å². The molecular weight excluding hydrogens is 345 g/mol. The first kappa shape index (κ1) is 15.6. The number of carbonyl (C=O) groups is 2. The Labute approximate surface area is 141 Å². The minimum atomic E-state index is -0.574. The van der Waals surface area contributed by atoms with Crippen molar-refractivity contribution < 1.29 is 14.3 Å². The van der Waals surface area contributed by atoms with E-state index in [4.69, 9.17) is 27.9 Å². The second-order valence-electron chi connectivity index (χ2n) is 5.05. The van der Waals surface area contributed by atoms with E-state index in [0.717, 1.165) is 36.0 Å². The van der Waals surface area contributed by atoms with Crippen LogP contribution in [0.4, 0.5) is 0 Å². The van der Waals surface area contributed by atoms with Crippen LogP contribution >= 0.6 is 34.5 Å². The number of esters is 1. The third-order valence-corrected chi connectivity index (χ3v) is 5.43. The smallest absolute Gasteiger partial charge is 0.350 e. The molecule has 0 spiro atoms. The molecule has 4 nitrogen and oxygen atoms in total. The van der Waals surface area contributed by atoms with Gasteiger partial charge in [0.15, 0.2) is 6.61 Å². The van der Waals surface area contributed by atoms with Crippen LogP contribution in [0.15, 0.2) is 18.2 Å². The Bertz CT molecular complexity index is 738. The van der Waals surface area contributed by atoms with Gasteiger partial charge in [0.1, 0.15) is 4.88 Å². The second kappa shape index (κ2) is 6.44. The lowest BCUT2D eigenvalue weighted by Crippen LogP contribution is -2.31. The van der Waals surface area contributed by atoms with Gasteiger partial charge in [-0.25, -0.2) is 4.79 Å². The fraction of sp³-hybridized carbons (Fsp3) is 0.333. The molecule has 1 aliphatic heterocycles. The van der Waals surface area contributed by atoms with E-state index in [0.29, 0.717) is 14.9 Å². The summed E-state index contributed by atoms with van der Waals surface area (Å²) < 4.78 is 5.92. The number of amides is 1. The Hall–Kier alpha value is -1.30. The van der Waals surface area contributed by atoms with Gasteiger partial charge < -0.3 is 9.64 Å². The molecule has 1 aromatic carbocycles. The molecule has 3 rings (SSSR count). The molecule has 0 aliphatic carbocycles. The van der Waals surface area contributed by atoms with Crippen molar-refractivity contribution in [3.8, 4) is 0 Å². The predicted octanol–water partition coefficient (Wildman–Crippen LogP) is 3.99. The maximum absolute atomic E-state index is 12.1. The Balaban J connectivity index is 1.72. The monoisotopic (exact) mass is 357 g/mol. The Morgan fingerprint density at radius 2 is 1.95 bits per heavy atom. The molecule has 0 N–H and O–H groups in total. The lowest BCUT2D eigenvalue weighted by atomic mass is 10.2. The van der Waals surface area contributed by atoms with E-state index in [9.17, 15) is 9.59 Å². The third kappa shape index (κ3) is 3.07. The maximum Gasteiger partial charge on any atom is 0.350 e. The number of ether oxygens (including phenoxy) is 1. The average Bonchev–Trinajstić information content (AvgIpc) is 3.13. The minimum Gasteiger partial charge on any atom is -0.451 e. The molecule has 0 bridgehead atoms. The predicted molar refractivity (Wildman–Crippen MR) is 87.9 cm³/mol. The largest absolute Gasteiger partial charge is 0.451 e. The lowest BCUT2D eigenvalue weighted by Gasteiger charge is -2.14. The zero-order valence-corrected chi connectivity index (χ0v) is 13.9. The van der Waals surface area contributed by atoms with Gasteiger partial charge in [-0.3, -0.25) is 4.79 Å². The van der Waals surface area contributed by atoms with Crippen molar-refractivity contribution in [3.05, 3.63) is 33.1 Å². The minimum absolute atomic E-state index is 0.161. The number of nitrogens with zero attached hydrogens (tertiary/aromatic N) is 1. The van der Waals surface area contributed by atoms with Crippen LogP contribution < -0.4 is 0 Å². The summed E-state index contributed by atoms with van der Waals surface area (Å²) in [6, 6.07) is 5.23. The van der Waals surface area contributed by atoms with Gasteiger partial charge in [-0.05, 0) is 25.0 Å². The number of benzene rings is 1. The van der Waals surface area contributed by atoms with Crippen molar-refractivity contribution in [2.45, 2.75) is 12.8 Å². The van der Waals surface area contributed by atoms with Crippen molar-refractivity contribution in [1.29, 1.82) is 0 Å². The fourth-order valence-corrected chi connectivity index (χ4v) is 4.10. The number of rotatable bonds is 3. The van der Waals surface area contributed by atoms with E-state index in [-0.39, 0.29) is 12.5 Å². The molecule has 22 heavy (non-hydrogen) atoms. The van der Waals surface area contributed by atoms with Crippen LogP contribution in [0, 0.1) is 0 Å². The molecule has 2 heterocycles. The molecule has 1 amide bonds. The Morgan fingerprint density at radius 1 is 1.23 bits per heavy atom. The number of likely N-dealkylation sites (tertiary alicyclic amines) is 1. The number of hydrogen-bond donors (Lipinski definition) is 0. The summed E-state index contributed by atoms with van der Waals surface area (Å²) in [6.07, 6.45) is 2.01. The molecule has 116 valence electrons. The molecule has 0 atom stereocenters. The normalized spacial score (nSPS) is 14.5. The van der Waals surface area contributed by atoms with Crippen molar-refractivity contribution in [2.75, 3.05) is 19.7 Å². The number of halogens is 2. The molecule has 7 heteroatoms. The van der Waals surface area contributed by atoms with E-state index in [1.54, 1.807) is 23.1 Å². The van der Waals surface area contributed by atoms with Crippen LogP contribution in [-0.2, 0) is 9.53 Å². The van der Waals surface area contributed by atoms with E-state index in [1.165, 1.54) is 11.3 Å². The first-order valence-corrected chi connectivity index (χ1v) is 8.46. The Morgan fingerprint density at radius 3 is 2.68 bits per heavy atom. The highest BCUT2D eigenvalue weighted by atomic mass is 35.5. The van der Waals surface area contributed by atoms with E-state index >= 15 is 0 Å². The summed E-state index contributed by atoms with van der Waals surface area (Å²) in [4.78, 5) is 26.0. The van der Waals surface area contributed by atoms with Crippen molar-refractivity contribution >= 4 is 56.5 Å². The van der Waals surface area contributed by atoms with Crippen LogP contribution in [0.2, 0.25) is 10.0 Å².